The number of pyridine rings is 2. The third-order valence-corrected chi connectivity index (χ3v) is 12.7. The SMILES string of the molecule is CCc1cc(-c2cn(C)c(=O)c3cnc(N4CCC4)cc23)cc(OC)c1CN1CCC2(CC1)CN(c1ccc3c(c1)C(=O)N(C1CCC(=O)NC1=O)C3)C2. The molecule has 2 aromatic heterocycles. The lowest BCUT2D eigenvalue weighted by Crippen LogP contribution is -2.60. The molecule has 5 aliphatic heterocycles. The first-order valence-electron chi connectivity index (χ1n) is 19.3. The zero-order valence-corrected chi connectivity index (χ0v) is 31.3. The summed E-state index contributed by atoms with van der Waals surface area (Å²) in [5.41, 5.74) is 7.38. The maximum absolute atomic E-state index is 13.4. The smallest absolute Gasteiger partial charge is 0.259 e. The number of nitrogens with zero attached hydrogens (tertiary/aromatic N) is 6. The Morgan fingerprint density at radius 3 is 2.44 bits per heavy atom. The summed E-state index contributed by atoms with van der Waals surface area (Å²) in [6.07, 6.45) is 8.54. The van der Waals surface area contributed by atoms with Crippen molar-refractivity contribution in [2.24, 2.45) is 12.5 Å². The van der Waals surface area contributed by atoms with Crippen LogP contribution in [-0.2, 0) is 36.1 Å². The Morgan fingerprint density at radius 2 is 1.74 bits per heavy atom. The number of aromatic nitrogens is 2. The molecule has 2 aromatic carbocycles. The van der Waals surface area contributed by atoms with Gasteiger partial charge in [0, 0.05) is 98.3 Å². The average molecular weight is 730 g/mol. The first-order valence-corrected chi connectivity index (χ1v) is 19.3. The summed E-state index contributed by atoms with van der Waals surface area (Å²) in [5.74, 6) is 1.01. The fourth-order valence-corrected chi connectivity index (χ4v) is 9.24. The maximum Gasteiger partial charge on any atom is 0.259 e. The van der Waals surface area contributed by atoms with Crippen LogP contribution in [0.5, 0.6) is 5.75 Å². The number of piperidine rings is 2. The topological polar surface area (TPSA) is 120 Å². The van der Waals surface area contributed by atoms with Crippen molar-refractivity contribution in [3.05, 3.63) is 81.4 Å². The lowest BCUT2D eigenvalue weighted by Gasteiger charge is -2.55. The molecular weight excluding hydrogens is 683 g/mol. The summed E-state index contributed by atoms with van der Waals surface area (Å²) >= 11 is 0. The highest BCUT2D eigenvalue weighted by atomic mass is 16.5. The molecule has 1 atom stereocenters. The third kappa shape index (κ3) is 5.82. The van der Waals surface area contributed by atoms with E-state index in [2.05, 4.69) is 56.2 Å². The van der Waals surface area contributed by atoms with E-state index in [-0.39, 0.29) is 35.1 Å². The number of nitrogens with one attached hydrogen (secondary N) is 1. The fraction of sp³-hybridized carbons (Fsp3) is 0.452. The molecular formula is C42H47N7O5. The standard InChI is InChI=1S/C42H47N7O5/c1-4-26-16-28(33-22-45(2)40(52)32-20-43-37(19-31(32)33)47-12-5-13-47)17-36(54-3)34(26)23-46-14-10-42(11-15-46)24-48(25-42)29-7-6-27-21-49(41(53)30(27)18-29)35-8-9-38(50)44-39(35)51/h6-7,16-20,22,35H,4-5,8-15,21,23-25H2,1-3H3,(H,44,50,51). The first kappa shape index (κ1) is 34.5. The molecule has 12 heteroatoms. The van der Waals surface area contributed by atoms with Gasteiger partial charge >= 0.3 is 0 Å². The van der Waals surface area contributed by atoms with Crippen LogP contribution in [0.25, 0.3) is 21.9 Å². The summed E-state index contributed by atoms with van der Waals surface area (Å²) in [5, 5.41) is 3.93. The van der Waals surface area contributed by atoms with Crippen LogP contribution in [0.15, 0.2) is 53.6 Å². The zero-order valence-electron chi connectivity index (χ0n) is 31.3. The molecule has 0 saturated carbocycles. The van der Waals surface area contributed by atoms with Crippen LogP contribution >= 0.6 is 0 Å². The molecule has 12 nitrogen and oxygen atoms in total. The molecule has 4 aromatic rings. The molecule has 4 fully saturated rings. The third-order valence-electron chi connectivity index (χ3n) is 12.7. The minimum absolute atomic E-state index is 0.0473. The Kier molecular flexibility index (Phi) is 8.48. The highest BCUT2D eigenvalue weighted by molar-refractivity contribution is 6.05. The van der Waals surface area contributed by atoms with E-state index in [0.717, 1.165) is 111 Å². The number of amides is 3. The molecule has 1 spiro atoms. The molecule has 5 aliphatic rings. The van der Waals surface area contributed by atoms with Crippen molar-refractivity contribution in [3.63, 3.8) is 0 Å². The minimum Gasteiger partial charge on any atom is -0.496 e. The van der Waals surface area contributed by atoms with Gasteiger partial charge in [0.25, 0.3) is 11.5 Å². The number of fused-ring (bicyclic) bond motifs is 2. The van der Waals surface area contributed by atoms with Crippen LogP contribution < -0.4 is 25.4 Å². The number of carbonyl (C=O) groups is 3. The van der Waals surface area contributed by atoms with Gasteiger partial charge in [0.1, 0.15) is 17.6 Å². The van der Waals surface area contributed by atoms with Gasteiger partial charge in [-0.15, -0.1) is 0 Å². The molecule has 280 valence electrons. The minimum atomic E-state index is -0.600. The van der Waals surface area contributed by atoms with Gasteiger partial charge < -0.3 is 24.0 Å². The molecule has 9 rings (SSSR count). The van der Waals surface area contributed by atoms with E-state index in [1.807, 2.05) is 18.3 Å². The van der Waals surface area contributed by atoms with E-state index in [9.17, 15) is 19.2 Å². The Hall–Kier alpha value is -5.23. The number of aryl methyl sites for hydroxylation is 2. The molecule has 3 amide bonds. The summed E-state index contributed by atoms with van der Waals surface area (Å²) in [7, 11) is 3.55. The van der Waals surface area contributed by atoms with Crippen molar-refractivity contribution in [1.82, 2.24) is 24.7 Å². The van der Waals surface area contributed by atoms with Crippen molar-refractivity contribution >= 4 is 40.0 Å². The van der Waals surface area contributed by atoms with Gasteiger partial charge in [-0.25, -0.2) is 4.98 Å². The summed E-state index contributed by atoms with van der Waals surface area (Å²) in [6, 6.07) is 12.0. The van der Waals surface area contributed by atoms with Crippen molar-refractivity contribution in [2.45, 2.75) is 64.6 Å². The number of imide groups is 1. The number of carbonyl (C=O) groups excluding carboxylic acids is 3. The fourth-order valence-electron chi connectivity index (χ4n) is 9.24. The van der Waals surface area contributed by atoms with Crippen LogP contribution in [0.4, 0.5) is 11.5 Å². The van der Waals surface area contributed by atoms with E-state index < -0.39 is 6.04 Å². The largest absolute Gasteiger partial charge is 0.496 e. The van der Waals surface area contributed by atoms with E-state index in [1.165, 1.54) is 11.1 Å². The van der Waals surface area contributed by atoms with Gasteiger partial charge in [0.05, 0.1) is 12.5 Å². The van der Waals surface area contributed by atoms with Crippen molar-refractivity contribution < 1.29 is 19.1 Å². The quantitative estimate of drug-likeness (QED) is 0.266. The lowest BCUT2D eigenvalue weighted by atomic mass is 9.71. The number of hydrogen-bond acceptors (Lipinski definition) is 9. The second-order valence-corrected chi connectivity index (χ2v) is 15.9. The molecule has 54 heavy (non-hydrogen) atoms. The Balaban J connectivity index is 0.878. The van der Waals surface area contributed by atoms with Gasteiger partial charge in [-0.05, 0) is 86.1 Å². The monoisotopic (exact) mass is 729 g/mol. The number of methoxy groups -OCH3 is 1. The zero-order chi connectivity index (χ0) is 37.3. The van der Waals surface area contributed by atoms with Gasteiger partial charge in [-0.1, -0.05) is 19.1 Å². The van der Waals surface area contributed by atoms with Crippen LogP contribution in [0.1, 0.15) is 66.1 Å². The second kappa shape index (κ2) is 13.3. The van der Waals surface area contributed by atoms with E-state index >= 15 is 0 Å². The predicted octanol–water partition coefficient (Wildman–Crippen LogP) is 4.25. The highest BCUT2D eigenvalue weighted by Crippen LogP contribution is 2.44. The van der Waals surface area contributed by atoms with E-state index in [0.29, 0.717) is 23.9 Å². The molecule has 1 unspecified atom stereocenters. The van der Waals surface area contributed by atoms with Crippen molar-refractivity contribution in [3.8, 4) is 16.9 Å². The molecule has 0 aliphatic carbocycles. The Bertz CT molecular complexity index is 2240. The Labute approximate surface area is 314 Å². The van der Waals surface area contributed by atoms with Gasteiger partial charge in [0.15, 0.2) is 0 Å². The van der Waals surface area contributed by atoms with Gasteiger partial charge in [-0.3, -0.25) is 29.4 Å². The molecule has 7 heterocycles. The summed E-state index contributed by atoms with van der Waals surface area (Å²) < 4.78 is 7.74. The van der Waals surface area contributed by atoms with Crippen LogP contribution in [0.2, 0.25) is 0 Å². The summed E-state index contributed by atoms with van der Waals surface area (Å²) in [4.78, 5) is 64.1. The maximum atomic E-state index is 13.4. The van der Waals surface area contributed by atoms with Gasteiger partial charge in [0.2, 0.25) is 11.8 Å². The number of hydrogen-bond donors (Lipinski definition) is 1. The number of likely N-dealkylation sites (tertiary alicyclic amines) is 1. The van der Waals surface area contributed by atoms with Crippen molar-refractivity contribution in [2.75, 3.05) is 56.2 Å². The van der Waals surface area contributed by atoms with Gasteiger partial charge in [-0.2, -0.15) is 0 Å². The van der Waals surface area contributed by atoms with Crippen LogP contribution in [0, 0.1) is 5.41 Å². The second-order valence-electron chi connectivity index (χ2n) is 15.9. The van der Waals surface area contributed by atoms with Crippen LogP contribution in [0.3, 0.4) is 0 Å². The summed E-state index contributed by atoms with van der Waals surface area (Å²) in [6.45, 7) is 9.32. The lowest BCUT2D eigenvalue weighted by molar-refractivity contribution is -0.136. The first-order chi connectivity index (χ1) is 26.1. The van der Waals surface area contributed by atoms with Crippen LogP contribution in [-0.4, -0.2) is 89.5 Å². The van der Waals surface area contributed by atoms with E-state index in [4.69, 9.17) is 4.74 Å². The average Bonchev–Trinajstić information content (AvgIpc) is 3.46. The highest BCUT2D eigenvalue weighted by Gasteiger charge is 2.46. The number of benzene rings is 2. The van der Waals surface area contributed by atoms with E-state index in [1.54, 1.807) is 29.8 Å². The molecule has 0 radical (unpaired) electrons. The molecule has 1 N–H and O–H groups in total. The number of ether oxygens (including phenoxy) is 1. The normalized spacial score (nSPS) is 21.0. The molecule has 0 bridgehead atoms. The Morgan fingerprint density at radius 1 is 0.944 bits per heavy atom. The molecule has 4 saturated heterocycles. The van der Waals surface area contributed by atoms with Crippen molar-refractivity contribution in [1.29, 1.82) is 0 Å². The number of rotatable bonds is 8. The number of anilines is 2. The predicted molar refractivity (Wildman–Crippen MR) is 207 cm³/mol.